The molecule has 2 aromatic heterocycles. The number of rotatable bonds is 8. The minimum absolute atomic E-state index is 0.898. The van der Waals surface area contributed by atoms with E-state index >= 15 is 0 Å². The van der Waals surface area contributed by atoms with Crippen molar-refractivity contribution in [2.24, 2.45) is 0 Å². The molecule has 0 saturated heterocycles. The van der Waals surface area contributed by atoms with E-state index in [1.807, 2.05) is 24.3 Å². The van der Waals surface area contributed by atoms with Gasteiger partial charge >= 0.3 is 0 Å². The van der Waals surface area contributed by atoms with Gasteiger partial charge in [0, 0.05) is 44.2 Å². The highest BCUT2D eigenvalue weighted by Gasteiger charge is 2.17. The molecule has 0 fully saturated rings. The third-order valence-electron chi connectivity index (χ3n) is 13.3. The van der Waals surface area contributed by atoms with Crippen LogP contribution >= 0.6 is 0 Å². The summed E-state index contributed by atoms with van der Waals surface area (Å²) in [7, 11) is 0. The van der Waals surface area contributed by atoms with Crippen molar-refractivity contribution in [3.63, 3.8) is 0 Å². The molecule has 0 amide bonds. The second kappa shape index (κ2) is 16.0. The summed E-state index contributed by atoms with van der Waals surface area (Å²) < 4.78 is 12.6. The predicted octanol–water partition coefficient (Wildman–Crippen LogP) is 18.4. The third kappa shape index (κ3) is 6.93. The fourth-order valence-corrected chi connectivity index (χ4v) is 9.83. The van der Waals surface area contributed by atoms with Crippen LogP contribution in [0, 0.1) is 0 Å². The van der Waals surface area contributed by atoms with Gasteiger partial charge in [-0.2, -0.15) is 0 Å². The van der Waals surface area contributed by atoms with Crippen molar-refractivity contribution < 1.29 is 8.83 Å². The number of para-hydroxylation sites is 3. The van der Waals surface area contributed by atoms with Crippen molar-refractivity contribution in [3.05, 3.63) is 249 Å². The molecule has 67 heavy (non-hydrogen) atoms. The Morgan fingerprint density at radius 3 is 1.34 bits per heavy atom. The maximum atomic E-state index is 6.44. The zero-order valence-electron chi connectivity index (χ0n) is 36.4. The van der Waals surface area contributed by atoms with E-state index in [2.05, 4.69) is 229 Å². The van der Waals surface area contributed by atoms with E-state index in [9.17, 15) is 0 Å². The van der Waals surface area contributed by atoms with Gasteiger partial charge in [0.15, 0.2) is 0 Å². The summed E-state index contributed by atoms with van der Waals surface area (Å²) >= 11 is 0. The first-order chi connectivity index (χ1) is 33.2. The second-order valence-electron chi connectivity index (χ2n) is 17.3. The summed E-state index contributed by atoms with van der Waals surface area (Å²) in [5.41, 5.74) is 18.4. The summed E-state index contributed by atoms with van der Waals surface area (Å²) in [6, 6.07) is 89.0. The lowest BCUT2D eigenvalue weighted by Gasteiger charge is -2.26. The van der Waals surface area contributed by atoms with E-state index in [1.165, 1.54) is 38.6 Å². The van der Waals surface area contributed by atoms with Crippen molar-refractivity contribution in [2.75, 3.05) is 4.90 Å². The minimum Gasteiger partial charge on any atom is -0.456 e. The number of anilines is 3. The van der Waals surface area contributed by atoms with Crippen LogP contribution < -0.4 is 4.90 Å². The summed E-state index contributed by atoms with van der Waals surface area (Å²) in [4.78, 5) is 2.33. The van der Waals surface area contributed by atoms with E-state index in [0.29, 0.717) is 0 Å². The average molecular weight is 856 g/mol. The Hall–Kier alpha value is -8.92. The van der Waals surface area contributed by atoms with Crippen LogP contribution in [0.3, 0.4) is 0 Å². The van der Waals surface area contributed by atoms with Gasteiger partial charge in [-0.3, -0.25) is 0 Å². The first-order valence-corrected chi connectivity index (χ1v) is 22.8. The largest absolute Gasteiger partial charge is 0.456 e. The Kier molecular flexibility index (Phi) is 9.17. The number of furan rings is 2. The quantitative estimate of drug-likeness (QED) is 0.152. The van der Waals surface area contributed by atoms with E-state index in [4.69, 9.17) is 8.83 Å². The predicted molar refractivity (Wildman–Crippen MR) is 280 cm³/mol. The van der Waals surface area contributed by atoms with Crippen LogP contribution in [0.4, 0.5) is 17.1 Å². The Labute approximate surface area is 388 Å². The van der Waals surface area contributed by atoms with Crippen LogP contribution in [-0.4, -0.2) is 0 Å². The lowest BCUT2D eigenvalue weighted by atomic mass is 9.96. The monoisotopic (exact) mass is 855 g/mol. The van der Waals surface area contributed by atoms with Gasteiger partial charge in [-0.25, -0.2) is 0 Å². The first-order valence-electron chi connectivity index (χ1n) is 22.8. The Bertz CT molecular complexity index is 3950. The van der Waals surface area contributed by atoms with Crippen molar-refractivity contribution in [1.29, 1.82) is 0 Å². The number of nitrogens with zero attached hydrogens (tertiary/aromatic N) is 1. The average Bonchev–Trinajstić information content (AvgIpc) is 3.98. The molecule has 0 radical (unpaired) electrons. The fraction of sp³-hybridized carbons (Fsp3) is 0. The van der Waals surface area contributed by atoms with Crippen LogP contribution in [0.15, 0.2) is 258 Å². The van der Waals surface area contributed by atoms with Crippen molar-refractivity contribution >= 4 is 71.7 Å². The normalized spacial score (nSPS) is 11.6. The highest BCUT2D eigenvalue weighted by molar-refractivity contribution is 6.10. The SMILES string of the molecule is c1cc(-c2ccc(-c3ccc(N(c4ccc(-c5ccc6oc7ccccc7c6c5)cc4)c4ccc(-c5cccc6c5oc5ccccc56)cc4)cc3)cc2)cc(-c2ccc3ccccc3c2)c1. The Balaban J connectivity index is 0.827. The molecular weight excluding hydrogens is 815 g/mol. The fourth-order valence-electron chi connectivity index (χ4n) is 9.83. The van der Waals surface area contributed by atoms with Gasteiger partial charge in [0.2, 0.25) is 0 Å². The van der Waals surface area contributed by atoms with Gasteiger partial charge in [0.1, 0.15) is 22.3 Å². The smallest absolute Gasteiger partial charge is 0.143 e. The highest BCUT2D eigenvalue weighted by Crippen LogP contribution is 2.41. The molecule has 0 unspecified atom stereocenters. The Morgan fingerprint density at radius 2 is 0.672 bits per heavy atom. The van der Waals surface area contributed by atoms with Crippen LogP contribution in [0.5, 0.6) is 0 Å². The van der Waals surface area contributed by atoms with Gasteiger partial charge in [0.25, 0.3) is 0 Å². The van der Waals surface area contributed by atoms with Crippen LogP contribution in [0.1, 0.15) is 0 Å². The molecule has 13 aromatic rings. The molecule has 2 heterocycles. The molecule has 13 rings (SSSR count). The Morgan fingerprint density at radius 1 is 0.239 bits per heavy atom. The zero-order chi connectivity index (χ0) is 44.3. The lowest BCUT2D eigenvalue weighted by Crippen LogP contribution is -2.09. The number of hydrogen-bond acceptors (Lipinski definition) is 3. The van der Waals surface area contributed by atoms with Crippen LogP contribution in [-0.2, 0) is 0 Å². The molecule has 314 valence electrons. The number of hydrogen-bond donors (Lipinski definition) is 0. The lowest BCUT2D eigenvalue weighted by molar-refractivity contribution is 0.669. The summed E-state index contributed by atoms with van der Waals surface area (Å²) in [5, 5.41) is 7.01. The molecule has 3 heteroatoms. The van der Waals surface area contributed by atoms with Gasteiger partial charge < -0.3 is 13.7 Å². The molecule has 0 spiro atoms. The molecule has 0 atom stereocenters. The molecular formula is C64H41NO2. The molecule has 11 aromatic carbocycles. The highest BCUT2D eigenvalue weighted by atomic mass is 16.3. The minimum atomic E-state index is 0.898. The van der Waals surface area contributed by atoms with E-state index in [-0.39, 0.29) is 0 Å². The van der Waals surface area contributed by atoms with Crippen LogP contribution in [0.25, 0.3) is 110 Å². The standard InChI is InChI=1S/C64H41NO2/c1-2-10-48-40-51(24-23-42(48)9-1)50-12-7-11-49(39-50)45-21-19-43(20-22-45)44-25-32-53(33-26-44)65(54-34-27-46(28-35-54)52-31-38-63-60(41-52)58-14-4-5-17-61(58)66-63)55-36-29-47(30-37-55)56-15-8-16-59-57-13-3-6-18-62(57)67-64(56)59/h1-41H. The van der Waals surface area contributed by atoms with E-state index < -0.39 is 0 Å². The molecule has 3 nitrogen and oxygen atoms in total. The topological polar surface area (TPSA) is 29.5 Å². The second-order valence-corrected chi connectivity index (χ2v) is 17.3. The van der Waals surface area contributed by atoms with E-state index in [0.717, 1.165) is 88.8 Å². The van der Waals surface area contributed by atoms with Crippen molar-refractivity contribution in [2.45, 2.75) is 0 Å². The van der Waals surface area contributed by atoms with Gasteiger partial charge in [-0.15, -0.1) is 0 Å². The summed E-state index contributed by atoms with van der Waals surface area (Å²) in [6.45, 7) is 0. The first kappa shape index (κ1) is 38.5. The summed E-state index contributed by atoms with van der Waals surface area (Å²) in [5.74, 6) is 0. The molecule has 0 N–H and O–H groups in total. The van der Waals surface area contributed by atoms with Gasteiger partial charge in [0.05, 0.1) is 0 Å². The van der Waals surface area contributed by atoms with Gasteiger partial charge in [-0.1, -0.05) is 176 Å². The van der Waals surface area contributed by atoms with Crippen molar-refractivity contribution in [1.82, 2.24) is 0 Å². The van der Waals surface area contributed by atoms with Crippen molar-refractivity contribution in [3.8, 4) is 55.6 Å². The molecule has 0 aliphatic rings. The zero-order valence-corrected chi connectivity index (χ0v) is 36.4. The maximum Gasteiger partial charge on any atom is 0.143 e. The molecule has 0 aliphatic heterocycles. The maximum absolute atomic E-state index is 6.44. The number of benzene rings is 11. The van der Waals surface area contributed by atoms with E-state index in [1.54, 1.807) is 0 Å². The molecule has 0 aliphatic carbocycles. The third-order valence-corrected chi connectivity index (χ3v) is 13.3. The van der Waals surface area contributed by atoms with Crippen LogP contribution in [0.2, 0.25) is 0 Å². The molecule has 0 bridgehead atoms. The summed E-state index contributed by atoms with van der Waals surface area (Å²) in [6.07, 6.45) is 0. The molecule has 0 saturated carbocycles. The van der Waals surface area contributed by atoms with Gasteiger partial charge in [-0.05, 0) is 134 Å². The number of fused-ring (bicyclic) bond motifs is 7.